The van der Waals surface area contributed by atoms with Crippen LogP contribution in [-0.4, -0.2) is 29.3 Å². The van der Waals surface area contributed by atoms with Gasteiger partial charge in [-0.25, -0.2) is 0 Å². The molecule has 2 nitrogen and oxygen atoms in total. The van der Waals surface area contributed by atoms with Crippen molar-refractivity contribution in [3.05, 3.63) is 35.9 Å². The fourth-order valence-corrected chi connectivity index (χ4v) is 5.37. The first-order chi connectivity index (χ1) is 12.2. The molecule has 2 saturated carbocycles. The topological polar surface area (TPSA) is 20.3 Å². The summed E-state index contributed by atoms with van der Waals surface area (Å²) in [4.78, 5) is 14.7. The van der Waals surface area contributed by atoms with Gasteiger partial charge >= 0.3 is 0 Å². The van der Waals surface area contributed by atoms with Crippen molar-refractivity contribution in [1.29, 1.82) is 0 Å². The summed E-state index contributed by atoms with van der Waals surface area (Å²) < 4.78 is 0. The lowest BCUT2D eigenvalue weighted by Gasteiger charge is -2.52. The van der Waals surface area contributed by atoms with E-state index in [1.165, 1.54) is 58.0 Å². The van der Waals surface area contributed by atoms with Gasteiger partial charge in [0.25, 0.3) is 0 Å². The fourth-order valence-electron chi connectivity index (χ4n) is 5.37. The Labute approximate surface area is 153 Å². The Balaban J connectivity index is 1.26. The van der Waals surface area contributed by atoms with Crippen molar-refractivity contribution in [2.75, 3.05) is 13.1 Å². The molecule has 0 amide bonds. The second-order valence-corrected chi connectivity index (χ2v) is 8.83. The number of hydrogen-bond donors (Lipinski definition) is 0. The van der Waals surface area contributed by atoms with Crippen molar-refractivity contribution in [1.82, 2.24) is 4.90 Å². The minimum Gasteiger partial charge on any atom is -0.300 e. The van der Waals surface area contributed by atoms with Gasteiger partial charge in [0, 0.05) is 18.4 Å². The summed E-state index contributed by atoms with van der Waals surface area (Å²) in [5.41, 5.74) is 1.81. The van der Waals surface area contributed by atoms with Crippen LogP contribution in [0, 0.1) is 11.8 Å². The highest BCUT2D eigenvalue weighted by molar-refractivity contribution is 5.79. The number of ketones is 1. The number of benzene rings is 1. The number of rotatable bonds is 7. The van der Waals surface area contributed by atoms with E-state index in [4.69, 9.17) is 0 Å². The first kappa shape index (κ1) is 17.3. The Hall–Kier alpha value is -1.15. The Morgan fingerprint density at radius 3 is 2.48 bits per heavy atom. The van der Waals surface area contributed by atoms with E-state index < -0.39 is 0 Å². The number of piperidine rings is 1. The van der Waals surface area contributed by atoms with E-state index in [0.29, 0.717) is 12.2 Å². The summed E-state index contributed by atoms with van der Waals surface area (Å²) in [7, 11) is 0. The molecule has 0 radical (unpaired) electrons. The quantitative estimate of drug-likeness (QED) is 0.682. The molecule has 136 valence electrons. The van der Waals surface area contributed by atoms with Gasteiger partial charge in [0.15, 0.2) is 0 Å². The van der Waals surface area contributed by atoms with Crippen LogP contribution in [0.4, 0.5) is 0 Å². The van der Waals surface area contributed by atoms with Gasteiger partial charge in [-0.2, -0.15) is 0 Å². The predicted octanol–water partition coefficient (Wildman–Crippen LogP) is 5.18. The van der Waals surface area contributed by atoms with Gasteiger partial charge in [0.05, 0.1) is 0 Å². The first-order valence-corrected chi connectivity index (χ1v) is 10.5. The molecule has 0 aromatic heterocycles. The van der Waals surface area contributed by atoms with E-state index in [9.17, 15) is 4.79 Å². The van der Waals surface area contributed by atoms with E-state index in [0.717, 1.165) is 24.2 Å². The molecule has 2 heteroatoms. The number of nitrogens with zero attached hydrogens (tertiary/aromatic N) is 1. The lowest BCUT2D eigenvalue weighted by atomic mass is 9.70. The molecule has 4 rings (SSSR count). The van der Waals surface area contributed by atoms with Crippen LogP contribution in [-0.2, 0) is 4.79 Å². The standard InChI is InChI=1S/C23H33NO/c1-2-21(25)17-23(11-6-12-23)24-13-9-18(10-14-24)15-20-16-22(20)19-7-4-3-5-8-19/h3-5,7-8,18,20,22H,2,6,9-17H2,1H3/t20-,22?/m1/s1. The van der Waals surface area contributed by atoms with Gasteiger partial charge in [0.1, 0.15) is 5.78 Å². The number of likely N-dealkylation sites (tertiary alicyclic amines) is 1. The van der Waals surface area contributed by atoms with E-state index >= 15 is 0 Å². The van der Waals surface area contributed by atoms with Crippen molar-refractivity contribution in [2.45, 2.75) is 76.2 Å². The summed E-state index contributed by atoms with van der Waals surface area (Å²) in [6.45, 7) is 4.47. The molecule has 0 spiro atoms. The minimum absolute atomic E-state index is 0.254. The molecular weight excluding hydrogens is 306 g/mol. The third-order valence-electron chi connectivity index (χ3n) is 7.28. The zero-order chi connectivity index (χ0) is 17.3. The average molecular weight is 340 g/mol. The number of Topliss-reactive ketones (excluding diaryl/α,β-unsaturated/α-hetero) is 1. The largest absolute Gasteiger partial charge is 0.300 e. The normalized spacial score (nSPS) is 29.2. The van der Waals surface area contributed by atoms with Crippen molar-refractivity contribution < 1.29 is 4.79 Å². The van der Waals surface area contributed by atoms with Crippen LogP contribution in [0.1, 0.15) is 76.2 Å². The molecule has 1 heterocycles. The highest BCUT2D eigenvalue weighted by Crippen LogP contribution is 2.52. The van der Waals surface area contributed by atoms with E-state index in [2.05, 4.69) is 35.2 Å². The summed E-state index contributed by atoms with van der Waals surface area (Å²) in [5.74, 6) is 3.14. The number of carbonyl (C=O) groups is 1. The molecular formula is C23H33NO. The molecule has 1 aromatic carbocycles. The van der Waals surface area contributed by atoms with Gasteiger partial charge in [-0.1, -0.05) is 37.3 Å². The number of hydrogen-bond acceptors (Lipinski definition) is 2. The van der Waals surface area contributed by atoms with Crippen molar-refractivity contribution in [3.8, 4) is 0 Å². The highest BCUT2D eigenvalue weighted by atomic mass is 16.1. The number of carbonyl (C=O) groups excluding carboxylic acids is 1. The second kappa shape index (κ2) is 7.23. The summed E-state index contributed by atoms with van der Waals surface area (Å²) in [6.07, 6.45) is 10.9. The lowest BCUT2D eigenvalue weighted by Crippen LogP contribution is -2.57. The zero-order valence-corrected chi connectivity index (χ0v) is 15.8. The SMILES string of the molecule is CCC(=O)CC1(N2CCC(C[C@@H]3CC3c3ccccc3)CC2)CCC1. The van der Waals surface area contributed by atoms with Crippen LogP contribution in [0.3, 0.4) is 0 Å². The highest BCUT2D eigenvalue weighted by Gasteiger charge is 2.45. The predicted molar refractivity (Wildman–Crippen MR) is 103 cm³/mol. The Morgan fingerprint density at radius 2 is 1.88 bits per heavy atom. The Bertz CT molecular complexity index is 583. The maximum Gasteiger partial charge on any atom is 0.134 e. The maximum absolute atomic E-state index is 12.0. The van der Waals surface area contributed by atoms with E-state index in [1.54, 1.807) is 5.56 Å². The second-order valence-electron chi connectivity index (χ2n) is 8.83. The summed E-state index contributed by atoms with van der Waals surface area (Å²) >= 11 is 0. The third-order valence-corrected chi connectivity index (χ3v) is 7.28. The molecule has 1 unspecified atom stereocenters. The molecule has 1 aliphatic heterocycles. The summed E-state index contributed by atoms with van der Waals surface area (Å²) in [5, 5.41) is 0. The zero-order valence-electron chi connectivity index (χ0n) is 15.8. The monoisotopic (exact) mass is 339 g/mol. The van der Waals surface area contributed by atoms with Gasteiger partial charge in [0.2, 0.25) is 0 Å². The Morgan fingerprint density at radius 1 is 1.16 bits per heavy atom. The van der Waals surface area contributed by atoms with Gasteiger partial charge in [-0.3, -0.25) is 9.69 Å². The Kier molecular flexibility index (Phi) is 4.99. The van der Waals surface area contributed by atoms with Crippen molar-refractivity contribution in [2.24, 2.45) is 11.8 Å². The minimum atomic E-state index is 0.254. The van der Waals surface area contributed by atoms with Crippen LogP contribution in [0.2, 0.25) is 0 Å². The molecule has 2 atom stereocenters. The van der Waals surface area contributed by atoms with Crippen LogP contribution < -0.4 is 0 Å². The molecule has 1 saturated heterocycles. The molecule has 0 bridgehead atoms. The van der Waals surface area contributed by atoms with E-state index in [-0.39, 0.29) is 5.54 Å². The molecule has 0 N–H and O–H groups in total. The lowest BCUT2D eigenvalue weighted by molar-refractivity contribution is -0.124. The van der Waals surface area contributed by atoms with Crippen LogP contribution >= 0.6 is 0 Å². The van der Waals surface area contributed by atoms with Gasteiger partial charge < -0.3 is 0 Å². The fraction of sp³-hybridized carbons (Fsp3) is 0.696. The molecule has 2 aliphatic carbocycles. The van der Waals surface area contributed by atoms with Crippen LogP contribution in [0.5, 0.6) is 0 Å². The van der Waals surface area contributed by atoms with Crippen LogP contribution in [0.15, 0.2) is 30.3 Å². The first-order valence-electron chi connectivity index (χ1n) is 10.5. The van der Waals surface area contributed by atoms with Crippen molar-refractivity contribution in [3.63, 3.8) is 0 Å². The average Bonchev–Trinajstić information content (AvgIpc) is 3.39. The third kappa shape index (κ3) is 3.69. The van der Waals surface area contributed by atoms with Crippen molar-refractivity contribution >= 4 is 5.78 Å². The van der Waals surface area contributed by atoms with Crippen LogP contribution in [0.25, 0.3) is 0 Å². The molecule has 3 fully saturated rings. The summed E-state index contributed by atoms with van der Waals surface area (Å²) in [6, 6.07) is 11.1. The maximum atomic E-state index is 12.0. The smallest absolute Gasteiger partial charge is 0.134 e. The molecule has 1 aromatic rings. The molecule has 25 heavy (non-hydrogen) atoms. The molecule has 3 aliphatic rings. The van der Waals surface area contributed by atoms with Gasteiger partial charge in [-0.15, -0.1) is 0 Å². The van der Waals surface area contributed by atoms with E-state index in [1.807, 2.05) is 6.92 Å². The van der Waals surface area contributed by atoms with Gasteiger partial charge in [-0.05, 0) is 81.4 Å².